The highest BCUT2D eigenvalue weighted by molar-refractivity contribution is 7.80. The first kappa shape index (κ1) is 15.6. The van der Waals surface area contributed by atoms with Gasteiger partial charge in [0.15, 0.2) is 10.9 Å². The standard InChI is InChI=1S/C16H14ClN5S2/c17-11-4-2-1-3-10(11)13-7-12-14(24-13)15(19-8-18-12)21-22-16(23)20-9-5-6-9/h1-4,7-9H,5-6H2,(H,18,19,21)(H2,20,22,23). The van der Waals surface area contributed by atoms with Gasteiger partial charge in [0.25, 0.3) is 0 Å². The number of fused-ring (bicyclic) bond motifs is 1. The largest absolute Gasteiger partial charge is 0.359 e. The molecule has 24 heavy (non-hydrogen) atoms. The Labute approximate surface area is 153 Å². The molecule has 4 rings (SSSR count). The summed E-state index contributed by atoms with van der Waals surface area (Å²) in [6, 6.07) is 10.3. The van der Waals surface area contributed by atoms with Crippen LogP contribution in [-0.2, 0) is 0 Å². The van der Waals surface area contributed by atoms with Crippen molar-refractivity contribution in [2.45, 2.75) is 18.9 Å². The number of benzene rings is 1. The van der Waals surface area contributed by atoms with Crippen molar-refractivity contribution in [3.8, 4) is 10.4 Å². The number of nitrogens with zero attached hydrogens (tertiary/aromatic N) is 2. The molecule has 122 valence electrons. The van der Waals surface area contributed by atoms with Crippen molar-refractivity contribution in [1.82, 2.24) is 20.7 Å². The van der Waals surface area contributed by atoms with E-state index < -0.39 is 0 Å². The highest BCUT2D eigenvalue weighted by Crippen LogP contribution is 2.38. The number of hydrogen-bond donors (Lipinski definition) is 3. The number of anilines is 1. The third-order valence-electron chi connectivity index (χ3n) is 3.66. The van der Waals surface area contributed by atoms with Gasteiger partial charge in [-0.2, -0.15) is 0 Å². The Morgan fingerprint density at radius 2 is 2.08 bits per heavy atom. The first-order valence-corrected chi connectivity index (χ1v) is 9.13. The molecule has 0 spiro atoms. The second-order valence-corrected chi connectivity index (χ2v) is 7.39. The van der Waals surface area contributed by atoms with Crippen molar-refractivity contribution in [3.05, 3.63) is 41.7 Å². The molecule has 8 heteroatoms. The van der Waals surface area contributed by atoms with Crippen LogP contribution in [0, 0.1) is 0 Å². The van der Waals surface area contributed by atoms with Crippen LogP contribution in [-0.4, -0.2) is 21.1 Å². The van der Waals surface area contributed by atoms with Crippen LogP contribution >= 0.6 is 35.2 Å². The third-order valence-corrected chi connectivity index (χ3v) is 5.37. The summed E-state index contributed by atoms with van der Waals surface area (Å²) in [4.78, 5) is 9.71. The van der Waals surface area contributed by atoms with E-state index in [-0.39, 0.29) is 0 Å². The van der Waals surface area contributed by atoms with Crippen molar-refractivity contribution in [1.29, 1.82) is 0 Å². The zero-order valence-electron chi connectivity index (χ0n) is 12.5. The number of rotatable bonds is 4. The molecule has 0 atom stereocenters. The number of thiocarbonyl (C=S) groups is 1. The number of hydrazine groups is 1. The molecule has 0 amide bonds. The summed E-state index contributed by atoms with van der Waals surface area (Å²) in [6.07, 6.45) is 3.88. The van der Waals surface area contributed by atoms with E-state index >= 15 is 0 Å². The molecular weight excluding hydrogens is 362 g/mol. The molecule has 0 radical (unpaired) electrons. The van der Waals surface area contributed by atoms with Crippen LogP contribution in [0.5, 0.6) is 0 Å². The lowest BCUT2D eigenvalue weighted by Crippen LogP contribution is -2.40. The normalized spacial score (nSPS) is 13.7. The Morgan fingerprint density at radius 1 is 1.25 bits per heavy atom. The Balaban J connectivity index is 1.60. The van der Waals surface area contributed by atoms with Crippen LogP contribution < -0.4 is 16.2 Å². The lowest BCUT2D eigenvalue weighted by Gasteiger charge is -2.11. The van der Waals surface area contributed by atoms with Gasteiger partial charge in [-0.3, -0.25) is 10.9 Å². The first-order valence-electron chi connectivity index (χ1n) is 7.52. The molecule has 1 aliphatic carbocycles. The van der Waals surface area contributed by atoms with Crippen LogP contribution in [0.25, 0.3) is 20.7 Å². The maximum absolute atomic E-state index is 6.30. The molecule has 1 fully saturated rings. The molecule has 3 aromatic rings. The van der Waals surface area contributed by atoms with E-state index in [0.717, 1.165) is 25.7 Å². The summed E-state index contributed by atoms with van der Waals surface area (Å²) in [5.41, 5.74) is 7.92. The van der Waals surface area contributed by atoms with E-state index in [1.165, 1.54) is 19.2 Å². The van der Waals surface area contributed by atoms with Crippen LogP contribution in [0.3, 0.4) is 0 Å². The van der Waals surface area contributed by atoms with Crippen LogP contribution in [0.15, 0.2) is 36.7 Å². The summed E-state index contributed by atoms with van der Waals surface area (Å²) in [7, 11) is 0. The molecule has 0 saturated heterocycles. The van der Waals surface area contributed by atoms with Gasteiger partial charge in [-0.1, -0.05) is 29.8 Å². The minimum atomic E-state index is 0.505. The van der Waals surface area contributed by atoms with E-state index in [0.29, 0.717) is 17.0 Å². The second kappa shape index (κ2) is 6.51. The summed E-state index contributed by atoms with van der Waals surface area (Å²) >= 11 is 13.1. The van der Waals surface area contributed by atoms with E-state index in [9.17, 15) is 0 Å². The molecule has 3 N–H and O–H groups in total. The minimum Gasteiger partial charge on any atom is -0.359 e. The Morgan fingerprint density at radius 3 is 2.88 bits per heavy atom. The number of thiophene rings is 1. The van der Waals surface area contributed by atoms with Crippen molar-refractivity contribution in [2.24, 2.45) is 0 Å². The molecule has 1 aromatic carbocycles. The van der Waals surface area contributed by atoms with Gasteiger partial charge in [0, 0.05) is 21.5 Å². The van der Waals surface area contributed by atoms with Crippen molar-refractivity contribution in [3.63, 3.8) is 0 Å². The molecular formula is C16H14ClN5S2. The molecule has 1 saturated carbocycles. The lowest BCUT2D eigenvalue weighted by atomic mass is 10.2. The Hall–Kier alpha value is -1.96. The van der Waals surface area contributed by atoms with E-state index in [2.05, 4.69) is 26.1 Å². The molecule has 0 bridgehead atoms. The van der Waals surface area contributed by atoms with Gasteiger partial charge in [0.1, 0.15) is 6.33 Å². The van der Waals surface area contributed by atoms with Crippen LogP contribution in [0.4, 0.5) is 5.82 Å². The topological polar surface area (TPSA) is 61.9 Å². The minimum absolute atomic E-state index is 0.505. The highest BCUT2D eigenvalue weighted by Gasteiger charge is 2.21. The van der Waals surface area contributed by atoms with Gasteiger partial charge >= 0.3 is 0 Å². The monoisotopic (exact) mass is 375 g/mol. The molecule has 1 aliphatic rings. The van der Waals surface area contributed by atoms with E-state index in [4.69, 9.17) is 23.8 Å². The van der Waals surface area contributed by atoms with E-state index in [1.54, 1.807) is 11.3 Å². The van der Waals surface area contributed by atoms with Crippen LogP contribution in [0.1, 0.15) is 12.8 Å². The molecule has 2 aromatic heterocycles. The summed E-state index contributed by atoms with van der Waals surface area (Å²) in [6.45, 7) is 0. The van der Waals surface area contributed by atoms with Gasteiger partial charge in [-0.25, -0.2) is 9.97 Å². The first-order chi connectivity index (χ1) is 11.7. The predicted molar refractivity (Wildman–Crippen MR) is 103 cm³/mol. The van der Waals surface area contributed by atoms with Gasteiger partial charge in [-0.15, -0.1) is 11.3 Å². The van der Waals surface area contributed by atoms with Gasteiger partial charge in [0.2, 0.25) is 0 Å². The third kappa shape index (κ3) is 3.28. The summed E-state index contributed by atoms with van der Waals surface area (Å²) < 4.78 is 0.953. The molecule has 0 aliphatic heterocycles. The zero-order valence-corrected chi connectivity index (χ0v) is 14.9. The van der Waals surface area contributed by atoms with Crippen molar-refractivity contribution >= 4 is 56.3 Å². The Kier molecular flexibility index (Phi) is 4.22. The number of halogens is 1. The fourth-order valence-electron chi connectivity index (χ4n) is 2.30. The maximum atomic E-state index is 6.30. The fraction of sp³-hybridized carbons (Fsp3) is 0.188. The van der Waals surface area contributed by atoms with E-state index in [1.807, 2.05) is 30.3 Å². The predicted octanol–water partition coefficient (Wildman–Crippen LogP) is 3.97. The average Bonchev–Trinajstić information content (AvgIpc) is 3.28. The number of aromatic nitrogens is 2. The quantitative estimate of drug-likeness (QED) is 0.474. The van der Waals surface area contributed by atoms with Gasteiger partial charge in [0.05, 0.1) is 10.2 Å². The maximum Gasteiger partial charge on any atom is 0.185 e. The Bertz CT molecular complexity index is 906. The summed E-state index contributed by atoms with van der Waals surface area (Å²) in [5, 5.41) is 4.51. The molecule has 0 unspecified atom stereocenters. The van der Waals surface area contributed by atoms with Crippen LogP contribution in [0.2, 0.25) is 5.02 Å². The fourth-order valence-corrected chi connectivity index (χ4v) is 3.91. The summed E-state index contributed by atoms with van der Waals surface area (Å²) in [5.74, 6) is 0.697. The van der Waals surface area contributed by atoms with Crippen molar-refractivity contribution < 1.29 is 0 Å². The SMILES string of the molecule is S=C(NNc1ncnc2cc(-c3ccccc3Cl)sc12)NC1CC1. The lowest BCUT2D eigenvalue weighted by molar-refractivity contribution is 0.878. The zero-order chi connectivity index (χ0) is 16.5. The number of nitrogens with one attached hydrogen (secondary N) is 3. The van der Waals surface area contributed by atoms with Crippen molar-refractivity contribution in [2.75, 3.05) is 5.43 Å². The highest BCUT2D eigenvalue weighted by atomic mass is 35.5. The molecule has 5 nitrogen and oxygen atoms in total. The smallest absolute Gasteiger partial charge is 0.185 e. The number of hydrogen-bond acceptors (Lipinski definition) is 5. The average molecular weight is 376 g/mol. The second-order valence-electron chi connectivity index (χ2n) is 5.52. The van der Waals surface area contributed by atoms with Gasteiger partial charge < -0.3 is 5.32 Å². The van der Waals surface area contributed by atoms with Gasteiger partial charge in [-0.05, 0) is 37.2 Å². The molecule has 2 heterocycles.